The zero-order valence-corrected chi connectivity index (χ0v) is 11.4. The van der Waals surface area contributed by atoms with Crippen molar-refractivity contribution < 1.29 is 0 Å². The molecule has 2 N–H and O–H groups in total. The molecule has 2 heteroatoms. The maximum Gasteiger partial charge on any atom is 0.0366 e. The molecule has 1 aromatic carbocycles. The van der Waals surface area contributed by atoms with E-state index >= 15 is 0 Å². The lowest BCUT2D eigenvalue weighted by atomic mass is 10.0. The van der Waals surface area contributed by atoms with E-state index in [9.17, 15) is 0 Å². The summed E-state index contributed by atoms with van der Waals surface area (Å²) in [6.07, 6.45) is 3.21. The molecule has 0 fully saturated rings. The van der Waals surface area contributed by atoms with Crippen molar-refractivity contribution in [1.82, 2.24) is 0 Å². The lowest BCUT2D eigenvalue weighted by Gasteiger charge is -2.22. The van der Waals surface area contributed by atoms with Gasteiger partial charge in [0.1, 0.15) is 0 Å². The molecule has 96 valence electrons. The third-order valence-electron chi connectivity index (χ3n) is 3.20. The predicted molar refractivity (Wildman–Crippen MR) is 76.6 cm³/mol. The minimum atomic E-state index is 0.291. The van der Waals surface area contributed by atoms with Crippen molar-refractivity contribution >= 4 is 5.69 Å². The molecule has 0 bridgehead atoms. The highest BCUT2D eigenvalue weighted by atomic mass is 15.1. The summed E-state index contributed by atoms with van der Waals surface area (Å²) in [5.41, 5.74) is 8.63. The summed E-state index contributed by atoms with van der Waals surface area (Å²) < 4.78 is 0. The van der Waals surface area contributed by atoms with Crippen LogP contribution in [0.1, 0.15) is 39.2 Å². The molecule has 1 aromatic rings. The van der Waals surface area contributed by atoms with E-state index in [0.717, 1.165) is 25.9 Å². The van der Waals surface area contributed by atoms with Gasteiger partial charge in [0.25, 0.3) is 0 Å². The maximum absolute atomic E-state index is 5.97. The van der Waals surface area contributed by atoms with Crippen molar-refractivity contribution in [3.8, 4) is 0 Å². The monoisotopic (exact) mass is 234 g/mol. The number of anilines is 1. The molecule has 0 amide bonds. The summed E-state index contributed by atoms with van der Waals surface area (Å²) in [6.45, 7) is 8.76. The quantitative estimate of drug-likeness (QED) is 0.785. The SMILES string of the molecule is CCCN(CC)c1ccc(CC(N)CC)cc1. The van der Waals surface area contributed by atoms with Crippen LogP contribution < -0.4 is 10.6 Å². The van der Waals surface area contributed by atoms with Gasteiger partial charge in [-0.15, -0.1) is 0 Å². The van der Waals surface area contributed by atoms with Crippen molar-refractivity contribution in [2.75, 3.05) is 18.0 Å². The smallest absolute Gasteiger partial charge is 0.0366 e. The van der Waals surface area contributed by atoms with Crippen LogP contribution in [0.5, 0.6) is 0 Å². The lowest BCUT2D eigenvalue weighted by molar-refractivity contribution is 0.646. The van der Waals surface area contributed by atoms with Crippen molar-refractivity contribution in [2.45, 2.75) is 46.1 Å². The van der Waals surface area contributed by atoms with Crippen LogP contribution in [-0.4, -0.2) is 19.1 Å². The second kappa shape index (κ2) is 7.33. The Morgan fingerprint density at radius 3 is 2.24 bits per heavy atom. The first-order chi connectivity index (χ1) is 8.21. The minimum absolute atomic E-state index is 0.291. The largest absolute Gasteiger partial charge is 0.372 e. The molecular weight excluding hydrogens is 208 g/mol. The highest BCUT2D eigenvalue weighted by Gasteiger charge is 2.04. The normalized spacial score (nSPS) is 12.5. The molecule has 1 unspecified atom stereocenters. The molecule has 0 aromatic heterocycles. The molecule has 2 nitrogen and oxygen atoms in total. The highest BCUT2D eigenvalue weighted by molar-refractivity contribution is 5.47. The van der Waals surface area contributed by atoms with Crippen LogP contribution in [0.3, 0.4) is 0 Å². The van der Waals surface area contributed by atoms with Gasteiger partial charge in [-0.1, -0.05) is 26.0 Å². The Balaban J connectivity index is 2.66. The zero-order valence-electron chi connectivity index (χ0n) is 11.4. The van der Waals surface area contributed by atoms with Gasteiger partial charge >= 0.3 is 0 Å². The van der Waals surface area contributed by atoms with Gasteiger partial charge in [-0.05, 0) is 43.9 Å². The van der Waals surface area contributed by atoms with Crippen molar-refractivity contribution in [3.63, 3.8) is 0 Å². The Hall–Kier alpha value is -1.02. The number of nitrogens with zero attached hydrogens (tertiary/aromatic N) is 1. The topological polar surface area (TPSA) is 29.3 Å². The number of benzene rings is 1. The number of hydrogen-bond acceptors (Lipinski definition) is 2. The summed E-state index contributed by atoms with van der Waals surface area (Å²) in [4.78, 5) is 2.41. The summed E-state index contributed by atoms with van der Waals surface area (Å²) in [5.74, 6) is 0. The van der Waals surface area contributed by atoms with E-state index in [2.05, 4.69) is 49.9 Å². The van der Waals surface area contributed by atoms with Gasteiger partial charge in [0, 0.05) is 24.8 Å². The van der Waals surface area contributed by atoms with Gasteiger partial charge in [-0.25, -0.2) is 0 Å². The molecule has 0 aliphatic heterocycles. The zero-order chi connectivity index (χ0) is 12.7. The average molecular weight is 234 g/mol. The molecule has 0 aliphatic carbocycles. The first-order valence-corrected chi connectivity index (χ1v) is 6.80. The molecular formula is C15H26N2. The van der Waals surface area contributed by atoms with E-state index in [-0.39, 0.29) is 0 Å². The number of hydrogen-bond donors (Lipinski definition) is 1. The van der Waals surface area contributed by atoms with Crippen LogP contribution in [0, 0.1) is 0 Å². The number of rotatable bonds is 7. The van der Waals surface area contributed by atoms with Crippen molar-refractivity contribution in [2.24, 2.45) is 5.73 Å². The molecule has 17 heavy (non-hydrogen) atoms. The number of nitrogens with two attached hydrogens (primary N) is 1. The van der Waals surface area contributed by atoms with Gasteiger partial charge in [0.15, 0.2) is 0 Å². The van der Waals surface area contributed by atoms with E-state index in [1.807, 2.05) is 0 Å². The molecule has 1 atom stereocenters. The molecule has 1 rings (SSSR count). The lowest BCUT2D eigenvalue weighted by Crippen LogP contribution is -2.23. The van der Waals surface area contributed by atoms with Crippen LogP contribution >= 0.6 is 0 Å². The van der Waals surface area contributed by atoms with Gasteiger partial charge < -0.3 is 10.6 Å². The fourth-order valence-corrected chi connectivity index (χ4v) is 2.03. The Bertz CT molecular complexity index is 305. The Labute approximate surface area is 106 Å². The van der Waals surface area contributed by atoms with Gasteiger partial charge in [-0.3, -0.25) is 0 Å². The van der Waals surface area contributed by atoms with E-state index in [4.69, 9.17) is 5.73 Å². The summed E-state index contributed by atoms with van der Waals surface area (Å²) in [7, 11) is 0. The van der Waals surface area contributed by atoms with Gasteiger partial charge in [0.2, 0.25) is 0 Å². The Morgan fingerprint density at radius 2 is 1.76 bits per heavy atom. The van der Waals surface area contributed by atoms with Gasteiger partial charge in [-0.2, -0.15) is 0 Å². The fourth-order valence-electron chi connectivity index (χ4n) is 2.03. The maximum atomic E-state index is 5.97. The van der Waals surface area contributed by atoms with E-state index in [1.165, 1.54) is 17.7 Å². The third-order valence-corrected chi connectivity index (χ3v) is 3.20. The molecule has 0 heterocycles. The minimum Gasteiger partial charge on any atom is -0.372 e. The van der Waals surface area contributed by atoms with Crippen LogP contribution in [0.4, 0.5) is 5.69 Å². The highest BCUT2D eigenvalue weighted by Crippen LogP contribution is 2.16. The van der Waals surface area contributed by atoms with E-state index in [1.54, 1.807) is 0 Å². The summed E-state index contributed by atoms with van der Waals surface area (Å²) in [5, 5.41) is 0. The second-order valence-electron chi connectivity index (χ2n) is 4.62. The first-order valence-electron chi connectivity index (χ1n) is 6.80. The first kappa shape index (κ1) is 14.0. The fraction of sp³-hybridized carbons (Fsp3) is 0.600. The Kier molecular flexibility index (Phi) is 6.06. The molecule has 0 saturated carbocycles. The predicted octanol–water partition coefficient (Wildman–Crippen LogP) is 3.20. The van der Waals surface area contributed by atoms with Crippen LogP contribution in [-0.2, 0) is 6.42 Å². The van der Waals surface area contributed by atoms with E-state index < -0.39 is 0 Å². The van der Waals surface area contributed by atoms with Crippen LogP contribution in [0.25, 0.3) is 0 Å². The average Bonchev–Trinajstić information content (AvgIpc) is 2.37. The molecule has 0 aliphatic rings. The van der Waals surface area contributed by atoms with Crippen molar-refractivity contribution in [1.29, 1.82) is 0 Å². The Morgan fingerprint density at radius 1 is 1.12 bits per heavy atom. The van der Waals surface area contributed by atoms with Crippen LogP contribution in [0.2, 0.25) is 0 Å². The van der Waals surface area contributed by atoms with Gasteiger partial charge in [0.05, 0.1) is 0 Å². The molecule has 0 saturated heterocycles. The summed E-state index contributed by atoms with van der Waals surface area (Å²) in [6, 6.07) is 9.15. The standard InChI is InChI=1S/C15H26N2/c1-4-11-17(6-3)15-9-7-13(8-10-15)12-14(16)5-2/h7-10,14H,4-6,11-12,16H2,1-3H3. The molecule has 0 radical (unpaired) electrons. The third kappa shape index (κ3) is 4.39. The summed E-state index contributed by atoms with van der Waals surface area (Å²) >= 11 is 0. The van der Waals surface area contributed by atoms with E-state index in [0.29, 0.717) is 6.04 Å². The van der Waals surface area contributed by atoms with Crippen molar-refractivity contribution in [3.05, 3.63) is 29.8 Å². The molecule has 0 spiro atoms. The van der Waals surface area contributed by atoms with Crippen LogP contribution in [0.15, 0.2) is 24.3 Å². The second-order valence-corrected chi connectivity index (χ2v) is 4.62.